The van der Waals surface area contributed by atoms with Crippen LogP contribution in [-0.4, -0.2) is 36.7 Å². The van der Waals surface area contributed by atoms with E-state index in [0.717, 1.165) is 0 Å². The van der Waals surface area contributed by atoms with Gasteiger partial charge in [0.25, 0.3) is 0 Å². The Morgan fingerprint density at radius 2 is 2.19 bits per heavy atom. The van der Waals surface area contributed by atoms with Crippen LogP contribution in [0.3, 0.4) is 0 Å². The maximum Gasteiger partial charge on any atom is 0.409 e. The number of rotatable bonds is 2. The molecular weight excluding hydrogens is 273 g/mol. The predicted molar refractivity (Wildman–Crippen MR) is 76.1 cm³/mol. The number of nitrogens with zero attached hydrogens (tertiary/aromatic N) is 2. The monoisotopic (exact) mass is 291 g/mol. The number of nitrogens with one attached hydrogen (secondary N) is 1. The number of halogens is 1. The van der Waals surface area contributed by atoms with Gasteiger partial charge in [-0.25, -0.2) is 9.18 Å². The first-order chi connectivity index (χ1) is 10.0. The van der Waals surface area contributed by atoms with E-state index in [2.05, 4.69) is 11.4 Å². The number of nitriles is 1. The number of hydrogen-bond donors (Lipinski definition) is 1. The Morgan fingerprint density at radius 3 is 2.71 bits per heavy atom. The molecule has 112 valence electrons. The minimum Gasteiger partial charge on any atom is -0.453 e. The van der Waals surface area contributed by atoms with Gasteiger partial charge >= 0.3 is 6.09 Å². The first-order valence-electron chi connectivity index (χ1n) is 6.78. The number of hydrogen-bond acceptors (Lipinski definition) is 4. The number of anilines is 1. The molecule has 1 aromatic carbocycles. The maximum atomic E-state index is 12.9. The predicted octanol–water partition coefficient (Wildman–Crippen LogP) is 2.61. The first-order valence-corrected chi connectivity index (χ1v) is 6.78. The van der Waals surface area contributed by atoms with Gasteiger partial charge in [-0.3, -0.25) is 0 Å². The van der Waals surface area contributed by atoms with Crippen molar-refractivity contribution in [3.63, 3.8) is 0 Å². The van der Waals surface area contributed by atoms with Crippen LogP contribution in [0.1, 0.15) is 13.3 Å². The van der Waals surface area contributed by atoms with Crippen molar-refractivity contribution in [2.75, 3.05) is 25.5 Å². The van der Waals surface area contributed by atoms with Gasteiger partial charge in [0.05, 0.1) is 13.2 Å². The largest absolute Gasteiger partial charge is 0.453 e. The highest BCUT2D eigenvalue weighted by Gasteiger charge is 2.42. The maximum absolute atomic E-state index is 12.9. The Bertz CT molecular complexity index is 555. The molecule has 1 aliphatic rings. The Labute approximate surface area is 123 Å². The number of carbonyl (C=O) groups excluding carboxylic acids is 1. The molecule has 21 heavy (non-hydrogen) atoms. The standard InChI is InChI=1S/C15H18FN3O2/c1-11-9-19(14(20)21-2)8-7-15(11,10-17)18-13-5-3-12(16)4-6-13/h3-6,11,18H,7-9H2,1-2H3. The molecule has 6 heteroatoms. The molecule has 1 N–H and O–H groups in total. The number of likely N-dealkylation sites (tertiary alicyclic amines) is 1. The topological polar surface area (TPSA) is 65.4 Å². The molecule has 2 rings (SSSR count). The van der Waals surface area contributed by atoms with Crippen LogP contribution in [-0.2, 0) is 4.74 Å². The molecule has 1 fully saturated rings. The van der Waals surface area contributed by atoms with E-state index in [1.54, 1.807) is 17.0 Å². The van der Waals surface area contributed by atoms with Crippen molar-refractivity contribution in [1.29, 1.82) is 5.26 Å². The van der Waals surface area contributed by atoms with E-state index in [1.165, 1.54) is 19.2 Å². The number of methoxy groups -OCH3 is 1. The van der Waals surface area contributed by atoms with E-state index < -0.39 is 5.54 Å². The van der Waals surface area contributed by atoms with E-state index >= 15 is 0 Å². The second kappa shape index (κ2) is 6.00. The minimum absolute atomic E-state index is 0.0830. The van der Waals surface area contributed by atoms with E-state index in [9.17, 15) is 14.4 Å². The molecule has 1 aliphatic heterocycles. The molecule has 0 aliphatic carbocycles. The summed E-state index contributed by atoms with van der Waals surface area (Å²) in [6.07, 6.45) is 0.104. The number of amides is 1. The van der Waals surface area contributed by atoms with Gasteiger partial charge in [-0.2, -0.15) is 5.26 Å². The molecule has 0 radical (unpaired) electrons. The van der Waals surface area contributed by atoms with Crippen LogP contribution in [0.15, 0.2) is 24.3 Å². The van der Waals surface area contributed by atoms with Crippen LogP contribution in [0.2, 0.25) is 0 Å². The summed E-state index contributed by atoms with van der Waals surface area (Å²) in [5.74, 6) is -0.402. The van der Waals surface area contributed by atoms with Gasteiger partial charge in [0.15, 0.2) is 0 Å². The number of piperidine rings is 1. The third-order valence-electron chi connectivity index (χ3n) is 3.96. The smallest absolute Gasteiger partial charge is 0.409 e. The van der Waals surface area contributed by atoms with Crippen molar-refractivity contribution in [3.8, 4) is 6.07 Å². The van der Waals surface area contributed by atoms with Crippen LogP contribution in [0.25, 0.3) is 0 Å². The highest BCUT2D eigenvalue weighted by molar-refractivity contribution is 5.67. The Kier molecular flexibility index (Phi) is 4.32. The summed E-state index contributed by atoms with van der Waals surface area (Å²) in [4.78, 5) is 13.2. The molecule has 0 aromatic heterocycles. The molecule has 0 saturated carbocycles. The van der Waals surface area contributed by atoms with E-state index in [4.69, 9.17) is 4.74 Å². The minimum atomic E-state index is -0.775. The first kappa shape index (κ1) is 15.1. The van der Waals surface area contributed by atoms with E-state index in [0.29, 0.717) is 25.2 Å². The second-order valence-electron chi connectivity index (χ2n) is 5.28. The van der Waals surface area contributed by atoms with Gasteiger partial charge in [0, 0.05) is 31.1 Å². The van der Waals surface area contributed by atoms with Gasteiger partial charge in [-0.15, -0.1) is 0 Å². The third kappa shape index (κ3) is 3.07. The highest BCUT2D eigenvalue weighted by atomic mass is 19.1. The summed E-state index contributed by atoms with van der Waals surface area (Å²) < 4.78 is 17.7. The lowest BCUT2D eigenvalue weighted by Crippen LogP contribution is -2.55. The lowest BCUT2D eigenvalue weighted by atomic mass is 9.79. The molecule has 0 spiro atoms. The molecule has 1 saturated heterocycles. The van der Waals surface area contributed by atoms with Gasteiger partial charge in [-0.1, -0.05) is 6.92 Å². The summed E-state index contributed by atoms with van der Waals surface area (Å²) in [5.41, 5.74) is -0.0844. The average molecular weight is 291 g/mol. The van der Waals surface area contributed by atoms with Gasteiger partial charge < -0.3 is 15.0 Å². The van der Waals surface area contributed by atoms with Crippen molar-refractivity contribution in [3.05, 3.63) is 30.1 Å². The van der Waals surface area contributed by atoms with E-state index in [-0.39, 0.29) is 17.8 Å². The second-order valence-corrected chi connectivity index (χ2v) is 5.28. The zero-order valence-electron chi connectivity index (χ0n) is 12.1. The zero-order valence-corrected chi connectivity index (χ0v) is 12.1. The lowest BCUT2D eigenvalue weighted by molar-refractivity contribution is 0.0929. The molecule has 1 amide bonds. The van der Waals surface area contributed by atoms with Crippen molar-refractivity contribution in [2.45, 2.75) is 18.9 Å². The number of carbonyl (C=O) groups is 1. The van der Waals surface area contributed by atoms with Crippen molar-refractivity contribution < 1.29 is 13.9 Å². The lowest BCUT2D eigenvalue weighted by Gasteiger charge is -2.42. The Balaban J connectivity index is 2.14. The molecular formula is C15H18FN3O2. The molecule has 2 unspecified atom stereocenters. The fourth-order valence-corrected chi connectivity index (χ4v) is 2.60. The van der Waals surface area contributed by atoms with Crippen LogP contribution >= 0.6 is 0 Å². The van der Waals surface area contributed by atoms with Gasteiger partial charge in [-0.05, 0) is 24.3 Å². The molecule has 0 bridgehead atoms. The zero-order chi connectivity index (χ0) is 15.5. The quantitative estimate of drug-likeness (QED) is 0.909. The van der Waals surface area contributed by atoms with Crippen LogP contribution in [0.4, 0.5) is 14.9 Å². The summed E-state index contributed by atoms with van der Waals surface area (Å²) >= 11 is 0. The summed E-state index contributed by atoms with van der Waals surface area (Å²) in [6.45, 7) is 2.79. The van der Waals surface area contributed by atoms with Crippen molar-refractivity contribution in [1.82, 2.24) is 4.90 Å². The fourth-order valence-electron chi connectivity index (χ4n) is 2.60. The fraction of sp³-hybridized carbons (Fsp3) is 0.467. The normalized spacial score (nSPS) is 25.0. The van der Waals surface area contributed by atoms with Crippen LogP contribution < -0.4 is 5.32 Å². The van der Waals surface area contributed by atoms with Crippen LogP contribution in [0, 0.1) is 23.1 Å². The molecule has 1 aromatic rings. The van der Waals surface area contributed by atoms with Gasteiger partial charge in [0.1, 0.15) is 11.4 Å². The SMILES string of the molecule is COC(=O)N1CCC(C#N)(Nc2ccc(F)cc2)C(C)C1. The van der Waals surface area contributed by atoms with Crippen LogP contribution in [0.5, 0.6) is 0 Å². The van der Waals surface area contributed by atoms with Gasteiger partial charge in [0.2, 0.25) is 0 Å². The number of benzene rings is 1. The summed E-state index contributed by atoms with van der Waals surface area (Å²) in [5, 5.41) is 12.8. The Hall–Kier alpha value is -2.29. The molecule has 5 nitrogen and oxygen atoms in total. The molecule has 2 atom stereocenters. The van der Waals surface area contributed by atoms with E-state index in [1.807, 2.05) is 6.92 Å². The third-order valence-corrected chi connectivity index (χ3v) is 3.96. The average Bonchev–Trinajstić information content (AvgIpc) is 2.50. The Morgan fingerprint density at radius 1 is 1.52 bits per heavy atom. The van der Waals surface area contributed by atoms with Crippen molar-refractivity contribution >= 4 is 11.8 Å². The summed E-state index contributed by atoms with van der Waals surface area (Å²) in [6, 6.07) is 8.23. The highest BCUT2D eigenvalue weighted by Crippen LogP contribution is 2.31. The summed E-state index contributed by atoms with van der Waals surface area (Å²) in [7, 11) is 1.34. The van der Waals surface area contributed by atoms with Crippen molar-refractivity contribution in [2.24, 2.45) is 5.92 Å². The number of ether oxygens (including phenoxy) is 1. The molecule has 1 heterocycles.